The minimum Gasteiger partial charge on any atom is -0.372 e. The molecule has 1 saturated heterocycles. The Morgan fingerprint density at radius 2 is 2.15 bits per heavy atom. The van der Waals surface area contributed by atoms with E-state index in [1.807, 2.05) is 0 Å². The van der Waals surface area contributed by atoms with Crippen molar-refractivity contribution in [3.63, 3.8) is 0 Å². The molecule has 0 saturated carbocycles. The largest absolute Gasteiger partial charge is 0.372 e. The summed E-state index contributed by atoms with van der Waals surface area (Å²) in [6, 6.07) is 0.522. The lowest BCUT2D eigenvalue weighted by Gasteiger charge is -2.36. The number of ether oxygens (including phenoxy) is 1. The Morgan fingerprint density at radius 1 is 1.46 bits per heavy atom. The van der Waals surface area contributed by atoms with E-state index in [0.717, 1.165) is 18.9 Å². The molecule has 1 aliphatic rings. The van der Waals surface area contributed by atoms with Gasteiger partial charge in [-0.3, -0.25) is 0 Å². The maximum Gasteiger partial charge on any atom is 0.0727 e. The molecule has 0 aromatic heterocycles. The van der Waals surface area contributed by atoms with Crippen molar-refractivity contribution in [2.24, 2.45) is 5.92 Å². The van der Waals surface area contributed by atoms with Crippen LogP contribution in [0.4, 0.5) is 0 Å². The fourth-order valence-electron chi connectivity index (χ4n) is 1.98. The normalized spacial score (nSPS) is 35.3. The second-order valence-electron chi connectivity index (χ2n) is 4.53. The van der Waals surface area contributed by atoms with Gasteiger partial charge < -0.3 is 10.1 Å². The lowest BCUT2D eigenvalue weighted by atomic mass is 10.0. The molecule has 13 heavy (non-hydrogen) atoms. The Balaban J connectivity index is 2.36. The Morgan fingerprint density at radius 3 is 2.69 bits per heavy atom. The smallest absolute Gasteiger partial charge is 0.0727 e. The molecule has 3 unspecified atom stereocenters. The van der Waals surface area contributed by atoms with Crippen LogP contribution in [0.2, 0.25) is 0 Å². The monoisotopic (exact) mass is 185 g/mol. The van der Waals surface area contributed by atoms with E-state index in [9.17, 15) is 0 Å². The van der Waals surface area contributed by atoms with Gasteiger partial charge in [0.1, 0.15) is 0 Å². The minimum absolute atomic E-state index is 0.414. The van der Waals surface area contributed by atoms with Gasteiger partial charge in [-0.2, -0.15) is 0 Å². The highest BCUT2D eigenvalue weighted by atomic mass is 16.5. The second kappa shape index (κ2) is 4.97. The average Bonchev–Trinajstić information content (AvgIpc) is 2.07. The molecule has 2 nitrogen and oxygen atoms in total. The predicted octanol–water partition coefficient (Wildman–Crippen LogP) is 2.19. The molecule has 0 aromatic rings. The van der Waals surface area contributed by atoms with Gasteiger partial charge in [-0.05, 0) is 25.7 Å². The molecule has 2 heteroatoms. The molecule has 78 valence electrons. The first-order valence-corrected chi connectivity index (χ1v) is 5.52. The van der Waals surface area contributed by atoms with Crippen molar-refractivity contribution in [2.75, 3.05) is 6.54 Å². The van der Waals surface area contributed by atoms with Crippen LogP contribution < -0.4 is 5.32 Å². The van der Waals surface area contributed by atoms with Crippen LogP contribution in [0.1, 0.15) is 40.5 Å². The van der Waals surface area contributed by atoms with Crippen LogP contribution in [0, 0.1) is 5.92 Å². The highest BCUT2D eigenvalue weighted by Crippen LogP contribution is 2.17. The van der Waals surface area contributed by atoms with Gasteiger partial charge >= 0.3 is 0 Å². The highest BCUT2D eigenvalue weighted by Gasteiger charge is 2.26. The lowest BCUT2D eigenvalue weighted by Crippen LogP contribution is -2.51. The van der Waals surface area contributed by atoms with Crippen LogP contribution in [0.25, 0.3) is 0 Å². The number of hydrogen-bond donors (Lipinski definition) is 1. The zero-order valence-electron chi connectivity index (χ0n) is 9.34. The summed E-state index contributed by atoms with van der Waals surface area (Å²) in [4.78, 5) is 0. The third-order valence-corrected chi connectivity index (χ3v) is 2.73. The molecule has 3 atom stereocenters. The Bertz CT molecular complexity index is 147. The van der Waals surface area contributed by atoms with Crippen molar-refractivity contribution in [1.29, 1.82) is 0 Å². The van der Waals surface area contributed by atoms with Crippen LogP contribution in [0.3, 0.4) is 0 Å². The van der Waals surface area contributed by atoms with Gasteiger partial charge in [0.05, 0.1) is 12.2 Å². The topological polar surface area (TPSA) is 21.3 Å². The van der Waals surface area contributed by atoms with E-state index < -0.39 is 0 Å². The minimum atomic E-state index is 0.414. The second-order valence-corrected chi connectivity index (χ2v) is 4.53. The van der Waals surface area contributed by atoms with Crippen molar-refractivity contribution in [1.82, 2.24) is 5.32 Å². The van der Waals surface area contributed by atoms with Crippen LogP contribution in [0.5, 0.6) is 0 Å². The third kappa shape index (κ3) is 3.28. The molecule has 0 radical (unpaired) electrons. The maximum absolute atomic E-state index is 6.00. The summed E-state index contributed by atoms with van der Waals surface area (Å²) < 4.78 is 6.00. The molecule has 0 amide bonds. The van der Waals surface area contributed by atoms with Crippen LogP contribution in [-0.2, 0) is 4.74 Å². The molecular weight excluding hydrogens is 162 g/mol. The molecular formula is C11H23NO. The first-order chi connectivity index (χ1) is 6.13. The van der Waals surface area contributed by atoms with E-state index in [-0.39, 0.29) is 0 Å². The van der Waals surface area contributed by atoms with Gasteiger partial charge in [0, 0.05) is 12.6 Å². The summed E-state index contributed by atoms with van der Waals surface area (Å²) >= 11 is 0. The van der Waals surface area contributed by atoms with E-state index in [4.69, 9.17) is 4.74 Å². The summed E-state index contributed by atoms with van der Waals surface area (Å²) in [5.74, 6) is 0.734. The van der Waals surface area contributed by atoms with Gasteiger partial charge in [0.2, 0.25) is 0 Å². The zero-order valence-corrected chi connectivity index (χ0v) is 9.34. The molecule has 0 bridgehead atoms. The van der Waals surface area contributed by atoms with Crippen molar-refractivity contribution < 1.29 is 4.74 Å². The molecule has 0 spiro atoms. The van der Waals surface area contributed by atoms with Crippen LogP contribution >= 0.6 is 0 Å². The quantitative estimate of drug-likeness (QED) is 0.727. The Hall–Kier alpha value is -0.0800. The number of hydrogen-bond acceptors (Lipinski definition) is 2. The van der Waals surface area contributed by atoms with Crippen LogP contribution in [-0.4, -0.2) is 24.8 Å². The fraction of sp³-hybridized carbons (Fsp3) is 1.00. The van der Waals surface area contributed by atoms with Crippen molar-refractivity contribution in [3.05, 3.63) is 0 Å². The van der Waals surface area contributed by atoms with Gasteiger partial charge in [-0.15, -0.1) is 0 Å². The Labute approximate surface area is 82.0 Å². The molecule has 0 aliphatic carbocycles. The number of rotatable bonds is 3. The van der Waals surface area contributed by atoms with Gasteiger partial charge in [-0.25, -0.2) is 0 Å². The van der Waals surface area contributed by atoms with Gasteiger partial charge in [0.25, 0.3) is 0 Å². The van der Waals surface area contributed by atoms with Gasteiger partial charge in [-0.1, -0.05) is 20.8 Å². The number of morpholine rings is 1. The molecule has 1 aliphatic heterocycles. The molecule has 1 N–H and O–H groups in total. The first-order valence-electron chi connectivity index (χ1n) is 5.52. The molecule has 1 heterocycles. The molecule has 1 rings (SSSR count). The van der Waals surface area contributed by atoms with Crippen molar-refractivity contribution in [3.8, 4) is 0 Å². The lowest BCUT2D eigenvalue weighted by molar-refractivity contribution is -0.0675. The number of nitrogens with one attached hydrogen (secondary N) is 1. The van der Waals surface area contributed by atoms with Crippen molar-refractivity contribution in [2.45, 2.75) is 58.8 Å². The summed E-state index contributed by atoms with van der Waals surface area (Å²) in [7, 11) is 0. The molecule has 0 aromatic carbocycles. The van der Waals surface area contributed by atoms with Gasteiger partial charge in [0.15, 0.2) is 0 Å². The van der Waals surface area contributed by atoms with Crippen molar-refractivity contribution >= 4 is 0 Å². The van der Waals surface area contributed by atoms with E-state index in [1.54, 1.807) is 0 Å². The zero-order chi connectivity index (χ0) is 9.84. The Kier molecular flexibility index (Phi) is 4.20. The predicted molar refractivity (Wildman–Crippen MR) is 55.9 cm³/mol. The van der Waals surface area contributed by atoms with Crippen LogP contribution in [0.15, 0.2) is 0 Å². The summed E-state index contributed by atoms with van der Waals surface area (Å²) in [6.07, 6.45) is 3.14. The van der Waals surface area contributed by atoms with E-state index >= 15 is 0 Å². The fourth-order valence-corrected chi connectivity index (χ4v) is 1.98. The summed E-state index contributed by atoms with van der Waals surface area (Å²) in [6.45, 7) is 9.93. The standard InChI is InChI=1S/C11H23NO/c1-5-11-9(4)12-7-10(13-11)6-8(2)3/h8-12H,5-7H2,1-4H3. The first kappa shape index (κ1) is 11.0. The van der Waals surface area contributed by atoms with E-state index in [0.29, 0.717) is 18.2 Å². The van der Waals surface area contributed by atoms with E-state index in [2.05, 4.69) is 33.0 Å². The highest BCUT2D eigenvalue weighted by molar-refractivity contribution is 4.81. The van der Waals surface area contributed by atoms with E-state index in [1.165, 1.54) is 6.42 Å². The maximum atomic E-state index is 6.00. The molecule has 1 fully saturated rings. The summed E-state index contributed by atoms with van der Waals surface area (Å²) in [5.41, 5.74) is 0. The average molecular weight is 185 g/mol. The third-order valence-electron chi connectivity index (χ3n) is 2.73. The summed E-state index contributed by atoms with van der Waals surface area (Å²) in [5, 5.41) is 3.51. The SMILES string of the molecule is CCC1OC(CC(C)C)CNC1C.